The maximum atomic E-state index is 12.6. The van der Waals surface area contributed by atoms with Crippen LogP contribution in [-0.2, 0) is 11.2 Å². The third-order valence-electron chi connectivity index (χ3n) is 4.62. The van der Waals surface area contributed by atoms with Crippen LogP contribution < -0.4 is 10.5 Å². The smallest absolute Gasteiger partial charge is 0.343 e. The molecule has 7 nitrogen and oxygen atoms in total. The first kappa shape index (κ1) is 24.5. The molecule has 0 aliphatic carbocycles. The Bertz CT molecular complexity index is 1320. The zero-order valence-electron chi connectivity index (χ0n) is 16.8. The number of ether oxygens (including phenoxy) is 1. The van der Waals surface area contributed by atoms with Gasteiger partial charge in [-0.25, -0.2) is 9.78 Å². The summed E-state index contributed by atoms with van der Waals surface area (Å²) in [4.78, 5) is 28.0. The summed E-state index contributed by atoms with van der Waals surface area (Å²) in [6, 6.07) is 15.2. The van der Waals surface area contributed by atoms with E-state index in [1.165, 1.54) is 6.07 Å². The second kappa shape index (κ2) is 10.2. The van der Waals surface area contributed by atoms with Crippen molar-refractivity contribution in [1.82, 2.24) is 4.98 Å². The average Bonchev–Trinajstić information content (AvgIpc) is 3.16. The highest BCUT2D eigenvalue weighted by atomic mass is 35.5. The lowest BCUT2D eigenvalue weighted by atomic mass is 10.1. The Hall–Kier alpha value is -3.10. The minimum Gasteiger partial charge on any atom is -0.480 e. The molecule has 0 aliphatic heterocycles. The van der Waals surface area contributed by atoms with Gasteiger partial charge in [-0.1, -0.05) is 35.3 Å². The van der Waals surface area contributed by atoms with Crippen molar-refractivity contribution >= 4 is 58.6 Å². The largest absolute Gasteiger partial charge is 0.480 e. The number of aromatic nitrogens is 1. The first-order valence-electron chi connectivity index (χ1n) is 9.45. The Morgan fingerprint density at radius 3 is 2.48 bits per heavy atom. The van der Waals surface area contributed by atoms with E-state index in [2.05, 4.69) is 4.98 Å². The number of hydrogen-bond acceptors (Lipinski definition) is 6. The van der Waals surface area contributed by atoms with Crippen LogP contribution in [0.4, 0.5) is 0 Å². The third kappa shape index (κ3) is 5.83. The number of oxazole rings is 1. The van der Waals surface area contributed by atoms with Crippen molar-refractivity contribution in [2.75, 3.05) is 0 Å². The van der Waals surface area contributed by atoms with Crippen molar-refractivity contribution in [2.24, 2.45) is 5.73 Å². The van der Waals surface area contributed by atoms with Gasteiger partial charge in [0.05, 0.1) is 5.56 Å². The van der Waals surface area contributed by atoms with Gasteiger partial charge in [0.25, 0.3) is 0 Å². The zero-order valence-corrected chi connectivity index (χ0v) is 19.2. The van der Waals surface area contributed by atoms with Crippen LogP contribution in [0.15, 0.2) is 65.1 Å². The minimum atomic E-state index is -1.10. The summed E-state index contributed by atoms with van der Waals surface area (Å²) in [5, 5.41) is 9.86. The molecule has 33 heavy (non-hydrogen) atoms. The number of carboxylic acid groups (broad SMARTS) is 1. The molecule has 0 aliphatic rings. The highest BCUT2D eigenvalue weighted by Gasteiger charge is 2.16. The molecule has 0 radical (unpaired) electrons. The van der Waals surface area contributed by atoms with Gasteiger partial charge in [0.1, 0.15) is 17.3 Å². The highest BCUT2D eigenvalue weighted by Crippen LogP contribution is 2.30. The van der Waals surface area contributed by atoms with E-state index in [4.69, 9.17) is 43.2 Å². The van der Waals surface area contributed by atoms with Crippen LogP contribution >= 0.6 is 35.6 Å². The number of halogens is 3. The van der Waals surface area contributed by atoms with E-state index in [0.29, 0.717) is 38.2 Å². The number of hydrogen-bond donors (Lipinski definition) is 2. The fourth-order valence-electron chi connectivity index (χ4n) is 3.10. The lowest BCUT2D eigenvalue weighted by Gasteiger charge is -2.09. The normalized spacial score (nSPS) is 11.6. The quantitative estimate of drug-likeness (QED) is 0.265. The number of rotatable bonds is 6. The number of carbonyl (C=O) groups excluding carboxylic acids is 1. The van der Waals surface area contributed by atoms with E-state index in [9.17, 15) is 9.59 Å². The van der Waals surface area contributed by atoms with E-state index in [1.807, 2.05) is 0 Å². The van der Waals surface area contributed by atoms with Crippen molar-refractivity contribution in [2.45, 2.75) is 12.5 Å². The molecule has 3 N–H and O–H groups in total. The van der Waals surface area contributed by atoms with Gasteiger partial charge in [-0.3, -0.25) is 4.79 Å². The first-order chi connectivity index (χ1) is 15.3. The van der Waals surface area contributed by atoms with Crippen LogP contribution in [0.3, 0.4) is 0 Å². The van der Waals surface area contributed by atoms with Crippen LogP contribution in [0.5, 0.6) is 5.75 Å². The standard InChI is InChI=1S/C23H16Cl2N2O5.ClH/c24-15-8-14(9-16(25)11-15)21-27-19-5-4-13(10-20(19)32-21)23(30)31-17-3-1-2-12(6-17)7-18(26)22(28)29;/h1-6,8-11,18H,7,26H2,(H,28,29);1H/t18-;/m0./s1. The number of fused-ring (bicyclic) bond motifs is 1. The fourth-order valence-corrected chi connectivity index (χ4v) is 3.62. The van der Waals surface area contributed by atoms with Crippen molar-refractivity contribution in [1.29, 1.82) is 0 Å². The summed E-state index contributed by atoms with van der Waals surface area (Å²) >= 11 is 12.1. The van der Waals surface area contributed by atoms with Gasteiger partial charge < -0.3 is 20.0 Å². The Balaban J connectivity index is 0.00000306. The molecule has 1 atom stereocenters. The summed E-state index contributed by atoms with van der Waals surface area (Å²) in [5.41, 5.74) is 8.03. The van der Waals surface area contributed by atoms with E-state index in [-0.39, 0.29) is 30.1 Å². The lowest BCUT2D eigenvalue weighted by molar-refractivity contribution is -0.138. The molecule has 4 aromatic rings. The number of nitrogens with two attached hydrogens (primary N) is 1. The van der Waals surface area contributed by atoms with Gasteiger partial charge in [0.15, 0.2) is 5.58 Å². The van der Waals surface area contributed by atoms with E-state index < -0.39 is 18.0 Å². The summed E-state index contributed by atoms with van der Waals surface area (Å²) in [7, 11) is 0. The molecule has 0 saturated heterocycles. The van der Waals surface area contributed by atoms with Crippen LogP contribution in [0, 0.1) is 0 Å². The molecule has 0 amide bonds. The monoisotopic (exact) mass is 506 g/mol. The Labute approximate surface area is 204 Å². The molecule has 0 saturated carbocycles. The second-order valence-corrected chi connectivity index (χ2v) is 7.92. The zero-order chi connectivity index (χ0) is 22.8. The highest BCUT2D eigenvalue weighted by molar-refractivity contribution is 6.35. The van der Waals surface area contributed by atoms with Gasteiger partial charge >= 0.3 is 11.9 Å². The second-order valence-electron chi connectivity index (χ2n) is 7.05. The van der Waals surface area contributed by atoms with E-state index in [1.54, 1.807) is 54.6 Å². The number of aliphatic carboxylic acids is 1. The molecular formula is C23H17Cl3N2O5. The molecule has 4 rings (SSSR count). The SMILES string of the molecule is Cl.N[C@@H](Cc1cccc(OC(=O)c2ccc3nc(-c4cc(Cl)cc(Cl)c4)oc3c2)c1)C(=O)O. The average molecular weight is 508 g/mol. The number of esters is 1. The predicted molar refractivity (Wildman–Crippen MR) is 127 cm³/mol. The van der Waals surface area contributed by atoms with Gasteiger partial charge in [-0.05, 0) is 60.5 Å². The third-order valence-corrected chi connectivity index (χ3v) is 5.05. The molecule has 1 aromatic heterocycles. The number of nitrogens with zero attached hydrogens (tertiary/aromatic N) is 1. The van der Waals surface area contributed by atoms with Gasteiger partial charge in [-0.15, -0.1) is 12.4 Å². The van der Waals surface area contributed by atoms with Crippen molar-refractivity contribution < 1.29 is 23.8 Å². The predicted octanol–water partition coefficient (Wildman–Crippen LogP) is 5.40. The molecule has 0 bridgehead atoms. The Morgan fingerprint density at radius 2 is 1.79 bits per heavy atom. The molecule has 0 unspecified atom stereocenters. The lowest BCUT2D eigenvalue weighted by Crippen LogP contribution is -2.32. The Morgan fingerprint density at radius 1 is 1.06 bits per heavy atom. The first-order valence-corrected chi connectivity index (χ1v) is 10.2. The number of benzene rings is 3. The fraction of sp³-hybridized carbons (Fsp3) is 0.0870. The van der Waals surface area contributed by atoms with Gasteiger partial charge in [-0.2, -0.15) is 0 Å². The van der Waals surface area contributed by atoms with Crippen molar-refractivity contribution in [3.63, 3.8) is 0 Å². The van der Waals surface area contributed by atoms with Crippen LogP contribution in [0.1, 0.15) is 15.9 Å². The Kier molecular flexibility index (Phi) is 7.61. The summed E-state index contributed by atoms with van der Waals surface area (Å²) in [6.07, 6.45) is 0.112. The summed E-state index contributed by atoms with van der Waals surface area (Å²) in [6.45, 7) is 0. The van der Waals surface area contributed by atoms with Crippen LogP contribution in [0.2, 0.25) is 10.0 Å². The topological polar surface area (TPSA) is 116 Å². The number of carbonyl (C=O) groups is 2. The van der Waals surface area contributed by atoms with Crippen molar-refractivity contribution in [3.8, 4) is 17.2 Å². The maximum Gasteiger partial charge on any atom is 0.343 e. The van der Waals surface area contributed by atoms with Crippen LogP contribution in [0.25, 0.3) is 22.6 Å². The molecule has 3 aromatic carbocycles. The molecular weight excluding hydrogens is 491 g/mol. The molecule has 1 heterocycles. The minimum absolute atomic E-state index is 0. The van der Waals surface area contributed by atoms with Gasteiger partial charge in [0, 0.05) is 15.6 Å². The molecule has 170 valence electrons. The molecule has 10 heteroatoms. The van der Waals surface area contributed by atoms with E-state index >= 15 is 0 Å². The van der Waals surface area contributed by atoms with Crippen LogP contribution in [-0.4, -0.2) is 28.1 Å². The number of carboxylic acids is 1. The molecule has 0 fully saturated rings. The maximum absolute atomic E-state index is 12.6. The molecule has 0 spiro atoms. The summed E-state index contributed by atoms with van der Waals surface area (Å²) in [5.74, 6) is -1.11. The van der Waals surface area contributed by atoms with Crippen molar-refractivity contribution in [3.05, 3.63) is 81.8 Å². The van der Waals surface area contributed by atoms with E-state index in [0.717, 1.165) is 0 Å². The summed E-state index contributed by atoms with van der Waals surface area (Å²) < 4.78 is 11.2. The van der Waals surface area contributed by atoms with Gasteiger partial charge in [0.2, 0.25) is 5.89 Å².